The molecule has 7 heteroatoms. The zero-order valence-corrected chi connectivity index (χ0v) is 18.2. The lowest BCUT2D eigenvalue weighted by atomic mass is 10.3. The Morgan fingerprint density at radius 2 is 1.71 bits per heavy atom. The molecule has 0 spiro atoms. The van der Waals surface area contributed by atoms with Gasteiger partial charge < -0.3 is 9.26 Å². The molecule has 0 saturated carbocycles. The summed E-state index contributed by atoms with van der Waals surface area (Å²) < 4.78 is 7.57. The summed E-state index contributed by atoms with van der Waals surface area (Å²) in [6.07, 6.45) is 0. The summed E-state index contributed by atoms with van der Waals surface area (Å²) in [6, 6.07) is 9.13. The van der Waals surface area contributed by atoms with Crippen LogP contribution in [0, 0.1) is 16.2 Å². The van der Waals surface area contributed by atoms with Gasteiger partial charge in [0.05, 0.1) is 6.61 Å². The van der Waals surface area contributed by atoms with Gasteiger partial charge in [-0.15, -0.1) is 10.1 Å². The molecule has 0 saturated heterocycles. The van der Waals surface area contributed by atoms with Gasteiger partial charge in [-0.3, -0.25) is 0 Å². The third kappa shape index (κ3) is 6.81. The minimum Gasteiger partial charge on any atom is -0.542 e. The van der Waals surface area contributed by atoms with Crippen LogP contribution in [0.25, 0.3) is 0 Å². The average Bonchev–Trinajstić information content (AvgIpc) is 2.44. The predicted molar refractivity (Wildman–Crippen MR) is 103 cm³/mol. The first kappa shape index (κ1) is 22.9. The molecule has 0 unspecified atom stereocenters. The van der Waals surface area contributed by atoms with Crippen molar-refractivity contribution in [1.82, 2.24) is 0 Å². The Labute approximate surface area is 155 Å². The molecular weight excluding hydrogens is 390 g/mol. The minimum absolute atomic E-state index is 0.132. The summed E-state index contributed by atoms with van der Waals surface area (Å²) >= 11 is 3.50. The molecule has 5 nitrogen and oxygen atoms in total. The molecule has 1 aromatic rings. The first-order chi connectivity index (χ1) is 11.1. The van der Waals surface area contributed by atoms with E-state index in [1.54, 1.807) is 6.92 Å². The fourth-order valence-electron chi connectivity index (χ4n) is 3.13. The Hall–Kier alpha value is -1.08. The van der Waals surface area contributed by atoms with Gasteiger partial charge in [-0.2, -0.15) is 0 Å². The average molecular weight is 419 g/mol. The summed E-state index contributed by atoms with van der Waals surface area (Å²) in [5.74, 6) is 0.882. The minimum atomic E-state index is -1.84. The molecule has 0 aliphatic carbocycles. The highest BCUT2D eigenvalue weighted by atomic mass is 79.9. The Morgan fingerprint density at radius 3 is 2.00 bits per heavy atom. The molecule has 0 amide bonds. The van der Waals surface area contributed by atoms with Crippen molar-refractivity contribution in [2.24, 2.45) is 0 Å². The summed E-state index contributed by atoms with van der Waals surface area (Å²) in [7, 11) is -1.84. The van der Waals surface area contributed by atoms with Crippen LogP contribution in [-0.4, -0.2) is 20.0 Å². The second-order valence-corrected chi connectivity index (χ2v) is 12.7. The molecule has 1 aromatic carbocycles. The number of rotatable bonds is 7. The highest BCUT2D eigenvalue weighted by Gasteiger charge is 2.46. The maximum atomic E-state index is 9.18. The van der Waals surface area contributed by atoms with Crippen molar-refractivity contribution in [1.29, 1.82) is 0 Å². The molecule has 0 N–H and O–H groups in total. The van der Waals surface area contributed by atoms with E-state index in [9.17, 15) is 10.1 Å². The monoisotopic (exact) mass is 418 g/mol. The van der Waals surface area contributed by atoms with Gasteiger partial charge in [-0.1, -0.05) is 57.5 Å². The number of hydrogen-bond donors (Lipinski definition) is 0. The normalized spacial score (nSPS) is 11.3. The zero-order valence-electron chi connectivity index (χ0n) is 15.6. The van der Waals surface area contributed by atoms with Gasteiger partial charge >= 0.3 is 0 Å². The molecule has 0 fully saturated rings. The van der Waals surface area contributed by atoms with Gasteiger partial charge in [0.25, 0.3) is 13.4 Å². The standard InChI is InChI=1S/C15H24BrOSi.C2H5NO3/c1-11(2)18(12(3)4,13(5)6)17-15-9-7-8-14(16)10-15;1-2-6-3(4)5/h7-8,10-13H,1-6H3;2H2,1H3. The number of benzene rings is 1. The maximum absolute atomic E-state index is 9.18. The van der Waals surface area contributed by atoms with Gasteiger partial charge in [-0.05, 0) is 41.7 Å². The van der Waals surface area contributed by atoms with Crippen molar-refractivity contribution < 1.29 is 14.4 Å². The molecular formula is C17H29BrNO4Si. The van der Waals surface area contributed by atoms with Crippen molar-refractivity contribution in [3.63, 3.8) is 0 Å². The zero-order chi connectivity index (χ0) is 18.9. The van der Waals surface area contributed by atoms with Crippen molar-refractivity contribution in [2.45, 2.75) is 65.1 Å². The highest BCUT2D eigenvalue weighted by Crippen LogP contribution is 2.42. The second kappa shape index (κ2) is 10.7. The van der Waals surface area contributed by atoms with E-state index in [1.165, 1.54) is 0 Å². The molecule has 1 rings (SSSR count). The van der Waals surface area contributed by atoms with Crippen LogP contribution in [0.5, 0.6) is 5.75 Å². The van der Waals surface area contributed by atoms with E-state index in [2.05, 4.69) is 68.4 Å². The van der Waals surface area contributed by atoms with Crippen molar-refractivity contribution >= 4 is 24.2 Å². The van der Waals surface area contributed by atoms with Crippen LogP contribution in [0.3, 0.4) is 0 Å². The molecule has 137 valence electrons. The quantitative estimate of drug-likeness (QED) is 0.308. The van der Waals surface area contributed by atoms with E-state index in [1.807, 2.05) is 18.2 Å². The third-order valence-corrected chi connectivity index (χ3v) is 10.4. The SMILES string of the molecule is CC(C)[Si](Oc1[c]ccc(Br)c1)(C(C)C)C(C)C.CCO[N+](=O)[O-]. The van der Waals surface area contributed by atoms with E-state index in [-0.39, 0.29) is 6.61 Å². The van der Waals surface area contributed by atoms with E-state index in [4.69, 9.17) is 4.43 Å². The molecule has 24 heavy (non-hydrogen) atoms. The summed E-state index contributed by atoms with van der Waals surface area (Å²) in [5.41, 5.74) is 1.76. The molecule has 0 aliphatic rings. The Balaban J connectivity index is 0.000000754. The number of halogens is 1. The molecule has 0 heterocycles. The Morgan fingerprint density at radius 1 is 1.21 bits per heavy atom. The Kier molecular flexibility index (Phi) is 10.2. The second-order valence-electron chi connectivity index (χ2n) is 6.43. The van der Waals surface area contributed by atoms with Crippen LogP contribution in [0.2, 0.25) is 16.6 Å². The van der Waals surface area contributed by atoms with E-state index in [0.717, 1.165) is 10.2 Å². The topological polar surface area (TPSA) is 61.6 Å². The smallest absolute Gasteiger partial charge is 0.294 e. The van der Waals surface area contributed by atoms with Crippen LogP contribution in [0.4, 0.5) is 0 Å². The maximum Gasteiger partial charge on any atom is 0.294 e. The first-order valence-electron chi connectivity index (χ1n) is 8.21. The third-order valence-electron chi connectivity index (χ3n) is 3.97. The fourth-order valence-corrected chi connectivity index (χ4v) is 8.67. The van der Waals surface area contributed by atoms with Crippen LogP contribution in [0.1, 0.15) is 48.5 Å². The highest BCUT2D eigenvalue weighted by molar-refractivity contribution is 9.10. The number of hydrogen-bond acceptors (Lipinski definition) is 4. The van der Waals surface area contributed by atoms with Crippen LogP contribution < -0.4 is 4.43 Å². The molecule has 0 atom stereocenters. The van der Waals surface area contributed by atoms with Gasteiger partial charge in [0, 0.05) is 10.5 Å². The molecule has 0 aromatic heterocycles. The predicted octanol–water partition coefficient (Wildman–Crippen LogP) is 6.02. The van der Waals surface area contributed by atoms with Crippen LogP contribution >= 0.6 is 15.9 Å². The fraction of sp³-hybridized carbons (Fsp3) is 0.647. The van der Waals surface area contributed by atoms with Gasteiger partial charge in [-0.25, -0.2) is 0 Å². The summed E-state index contributed by atoms with van der Waals surface area (Å²) in [4.78, 5) is 12.9. The largest absolute Gasteiger partial charge is 0.542 e. The molecule has 0 bridgehead atoms. The van der Waals surface area contributed by atoms with Crippen molar-refractivity contribution in [2.75, 3.05) is 6.61 Å². The van der Waals surface area contributed by atoms with E-state index < -0.39 is 13.4 Å². The Bertz CT molecular complexity index is 487. The van der Waals surface area contributed by atoms with Gasteiger partial charge in [0.2, 0.25) is 0 Å². The summed E-state index contributed by atoms with van der Waals surface area (Å²) in [6.45, 7) is 15.5. The van der Waals surface area contributed by atoms with Crippen molar-refractivity contribution in [3.05, 3.63) is 38.9 Å². The lowest BCUT2D eigenvalue weighted by Crippen LogP contribution is -2.50. The van der Waals surface area contributed by atoms with Gasteiger partial charge in [0.1, 0.15) is 5.75 Å². The first-order valence-corrected chi connectivity index (χ1v) is 11.1. The van der Waals surface area contributed by atoms with E-state index in [0.29, 0.717) is 16.6 Å². The van der Waals surface area contributed by atoms with Crippen LogP contribution in [0.15, 0.2) is 22.7 Å². The summed E-state index contributed by atoms with van der Waals surface area (Å²) in [5, 5.41) is 8.36. The van der Waals surface area contributed by atoms with E-state index >= 15 is 0 Å². The van der Waals surface area contributed by atoms with Gasteiger partial charge in [0.15, 0.2) is 0 Å². The molecule has 0 aliphatic heterocycles. The molecule has 1 radical (unpaired) electrons. The lowest BCUT2D eigenvalue weighted by molar-refractivity contribution is -0.756. The van der Waals surface area contributed by atoms with Crippen LogP contribution in [-0.2, 0) is 4.84 Å². The number of nitrogens with zero attached hydrogens (tertiary/aromatic N) is 1. The lowest BCUT2D eigenvalue weighted by Gasteiger charge is -2.42. The van der Waals surface area contributed by atoms with Crippen molar-refractivity contribution in [3.8, 4) is 5.75 Å².